The molecule has 2 rings (SSSR count). The molecule has 122 valence electrons. The third-order valence-corrected chi connectivity index (χ3v) is 5.09. The van der Waals surface area contributed by atoms with Gasteiger partial charge in [0.15, 0.2) is 0 Å². The monoisotopic (exact) mass is 333 g/mol. The number of hydrogen-bond acceptors (Lipinski definition) is 4. The molecule has 23 heavy (non-hydrogen) atoms. The van der Waals surface area contributed by atoms with Gasteiger partial charge in [-0.05, 0) is 38.5 Å². The third-order valence-electron chi connectivity index (χ3n) is 3.58. The van der Waals surface area contributed by atoms with Crippen LogP contribution >= 0.6 is 0 Å². The summed E-state index contributed by atoms with van der Waals surface area (Å²) in [6.45, 7) is 5.38. The van der Waals surface area contributed by atoms with E-state index in [4.69, 9.17) is 0 Å². The van der Waals surface area contributed by atoms with E-state index in [1.54, 1.807) is 35.9 Å². The molecule has 0 bridgehead atoms. The first kappa shape index (κ1) is 17.0. The van der Waals surface area contributed by atoms with Gasteiger partial charge >= 0.3 is 0 Å². The highest BCUT2D eigenvalue weighted by molar-refractivity contribution is 7.90. The van der Waals surface area contributed by atoms with Crippen molar-refractivity contribution < 1.29 is 13.2 Å². The molecule has 0 aliphatic rings. The number of rotatable bonds is 4. The summed E-state index contributed by atoms with van der Waals surface area (Å²) in [5.74, 6) is -0.698. The summed E-state index contributed by atoms with van der Waals surface area (Å²) in [5.41, 5.74) is 3.05. The van der Waals surface area contributed by atoms with Gasteiger partial charge in [-0.1, -0.05) is 18.2 Å². The predicted octanol–water partition coefficient (Wildman–Crippen LogP) is 1.86. The summed E-state index contributed by atoms with van der Waals surface area (Å²) in [7, 11) is -2.07. The second-order valence-electron chi connectivity index (χ2n) is 5.28. The Labute approximate surface area is 135 Å². The summed E-state index contributed by atoms with van der Waals surface area (Å²) >= 11 is 0. The first-order valence-corrected chi connectivity index (χ1v) is 8.51. The van der Waals surface area contributed by atoms with E-state index in [-0.39, 0.29) is 4.90 Å². The van der Waals surface area contributed by atoms with Gasteiger partial charge < -0.3 is 0 Å². The van der Waals surface area contributed by atoms with Crippen LogP contribution in [0.5, 0.6) is 0 Å². The molecule has 1 N–H and O–H groups in total. The summed E-state index contributed by atoms with van der Waals surface area (Å²) in [6.07, 6.45) is 2.77. The van der Waals surface area contributed by atoms with Gasteiger partial charge in [0.2, 0.25) is 0 Å². The Morgan fingerprint density at radius 1 is 1.22 bits per heavy atom. The Kier molecular flexibility index (Phi) is 4.70. The maximum atomic E-state index is 12.2. The van der Waals surface area contributed by atoms with Crippen LogP contribution in [0.15, 0.2) is 35.2 Å². The van der Waals surface area contributed by atoms with Crippen LogP contribution in [-0.4, -0.2) is 24.1 Å². The summed E-state index contributed by atoms with van der Waals surface area (Å²) in [4.78, 5) is 12.0. The summed E-state index contributed by atoms with van der Waals surface area (Å²) in [5, 5.41) is 4.24. The Bertz CT molecular complexity index is 880. The number of hydrogen-bond donors (Lipinski definition) is 1. The third kappa shape index (κ3) is 3.68. The molecular weight excluding hydrogens is 314 g/mol. The minimum atomic E-state index is -3.88. The topological polar surface area (TPSA) is 81.1 Å². The van der Waals surface area contributed by atoms with E-state index in [0.29, 0.717) is 5.56 Å². The fraction of sp³-hybridized carbons (Fsp3) is 0.250. The quantitative estimate of drug-likeness (QED) is 0.866. The smallest absolute Gasteiger partial charge is 0.264 e. The van der Waals surface area contributed by atoms with Crippen molar-refractivity contribution in [2.75, 3.05) is 0 Å². The molecule has 0 fully saturated rings. The molecule has 1 amide bonds. The lowest BCUT2D eigenvalue weighted by Gasteiger charge is -2.07. The van der Waals surface area contributed by atoms with Crippen molar-refractivity contribution in [2.24, 2.45) is 7.05 Å². The van der Waals surface area contributed by atoms with Crippen molar-refractivity contribution in [1.82, 2.24) is 14.5 Å². The average molecular weight is 333 g/mol. The lowest BCUT2D eigenvalue weighted by molar-refractivity contribution is -0.114. The van der Waals surface area contributed by atoms with Gasteiger partial charge in [0.25, 0.3) is 15.9 Å². The van der Waals surface area contributed by atoms with Crippen LogP contribution in [0.4, 0.5) is 0 Å². The Morgan fingerprint density at radius 2 is 1.87 bits per heavy atom. The highest BCUT2D eigenvalue weighted by Gasteiger charge is 2.18. The fourth-order valence-electron chi connectivity index (χ4n) is 2.27. The first-order chi connectivity index (χ1) is 10.7. The minimum Gasteiger partial charge on any atom is -0.272 e. The largest absolute Gasteiger partial charge is 0.272 e. The maximum Gasteiger partial charge on any atom is 0.264 e. The predicted molar refractivity (Wildman–Crippen MR) is 88.2 cm³/mol. The van der Waals surface area contributed by atoms with Gasteiger partial charge in [0, 0.05) is 24.4 Å². The molecule has 7 heteroatoms. The lowest BCUT2D eigenvalue weighted by Crippen LogP contribution is -2.29. The number of nitrogens with one attached hydrogen (secondary N) is 1. The molecule has 2 aromatic rings. The second kappa shape index (κ2) is 6.37. The van der Waals surface area contributed by atoms with Crippen LogP contribution < -0.4 is 4.72 Å². The van der Waals surface area contributed by atoms with E-state index < -0.39 is 15.9 Å². The SMILES string of the molecule is Cc1ccccc1S(=O)(=O)NC(=O)/C=C/c1c(C)nn(C)c1C. The number of sulfonamides is 1. The van der Waals surface area contributed by atoms with E-state index in [0.717, 1.165) is 17.0 Å². The van der Waals surface area contributed by atoms with Gasteiger partial charge in [-0.2, -0.15) is 5.10 Å². The highest BCUT2D eigenvalue weighted by atomic mass is 32.2. The molecule has 0 saturated heterocycles. The molecule has 6 nitrogen and oxygen atoms in total. The van der Waals surface area contributed by atoms with E-state index >= 15 is 0 Å². The van der Waals surface area contributed by atoms with Crippen LogP contribution in [0.3, 0.4) is 0 Å². The Hall–Kier alpha value is -2.41. The number of carbonyl (C=O) groups is 1. The molecule has 1 aromatic heterocycles. The number of aryl methyl sites for hydroxylation is 3. The fourth-order valence-corrected chi connectivity index (χ4v) is 3.46. The average Bonchev–Trinajstić information content (AvgIpc) is 2.70. The van der Waals surface area contributed by atoms with Gasteiger partial charge in [-0.15, -0.1) is 0 Å². The van der Waals surface area contributed by atoms with Crippen LogP contribution in [0.2, 0.25) is 0 Å². The van der Waals surface area contributed by atoms with E-state index in [2.05, 4.69) is 5.10 Å². The van der Waals surface area contributed by atoms with Crippen molar-refractivity contribution in [3.8, 4) is 0 Å². The first-order valence-electron chi connectivity index (χ1n) is 7.03. The molecule has 0 aliphatic heterocycles. The van der Waals surface area contributed by atoms with Crippen molar-refractivity contribution in [1.29, 1.82) is 0 Å². The number of nitrogens with zero attached hydrogens (tertiary/aromatic N) is 2. The van der Waals surface area contributed by atoms with Crippen LogP contribution in [0, 0.1) is 20.8 Å². The van der Waals surface area contributed by atoms with Gasteiger partial charge in [0.1, 0.15) is 0 Å². The molecule has 1 heterocycles. The zero-order valence-corrected chi connectivity index (χ0v) is 14.3. The number of carbonyl (C=O) groups excluding carboxylic acids is 1. The van der Waals surface area contributed by atoms with Crippen LogP contribution in [-0.2, 0) is 21.9 Å². The van der Waals surface area contributed by atoms with E-state index in [1.807, 2.05) is 25.6 Å². The molecule has 0 atom stereocenters. The zero-order chi connectivity index (χ0) is 17.2. The Morgan fingerprint density at radius 3 is 2.43 bits per heavy atom. The molecule has 0 spiro atoms. The van der Waals surface area contributed by atoms with Gasteiger partial charge in [0.05, 0.1) is 10.6 Å². The maximum absolute atomic E-state index is 12.2. The second-order valence-corrected chi connectivity index (χ2v) is 6.93. The van der Waals surface area contributed by atoms with Crippen molar-refractivity contribution in [3.05, 3.63) is 52.9 Å². The van der Waals surface area contributed by atoms with Crippen LogP contribution in [0.1, 0.15) is 22.5 Å². The highest BCUT2D eigenvalue weighted by Crippen LogP contribution is 2.15. The van der Waals surface area contributed by atoms with Gasteiger partial charge in [-0.25, -0.2) is 13.1 Å². The van der Waals surface area contributed by atoms with Crippen LogP contribution in [0.25, 0.3) is 6.08 Å². The molecular formula is C16H19N3O3S. The summed E-state index contributed by atoms with van der Waals surface area (Å²) < 4.78 is 28.2. The lowest BCUT2D eigenvalue weighted by atomic mass is 10.2. The number of aromatic nitrogens is 2. The van der Waals surface area contributed by atoms with Crippen molar-refractivity contribution in [2.45, 2.75) is 25.7 Å². The summed E-state index contributed by atoms with van der Waals surface area (Å²) in [6, 6.07) is 6.50. The number of benzene rings is 1. The Balaban J connectivity index is 2.19. The standard InChI is InChI=1S/C16H19N3O3S/c1-11-7-5-6-8-15(11)23(21,22)18-16(20)10-9-14-12(2)17-19(4)13(14)3/h5-10H,1-4H3,(H,18,20)/b10-9+. The number of amides is 1. The molecule has 0 aliphatic carbocycles. The molecule has 0 saturated carbocycles. The van der Waals surface area contributed by atoms with Crippen molar-refractivity contribution >= 4 is 22.0 Å². The normalized spacial score (nSPS) is 11.8. The molecule has 0 radical (unpaired) electrons. The van der Waals surface area contributed by atoms with E-state index in [9.17, 15) is 13.2 Å². The minimum absolute atomic E-state index is 0.0930. The zero-order valence-electron chi connectivity index (χ0n) is 13.5. The molecule has 0 unspecified atom stereocenters. The van der Waals surface area contributed by atoms with Gasteiger partial charge in [-0.3, -0.25) is 9.48 Å². The van der Waals surface area contributed by atoms with E-state index in [1.165, 1.54) is 12.1 Å². The molecule has 1 aromatic carbocycles. The van der Waals surface area contributed by atoms with Crippen molar-refractivity contribution in [3.63, 3.8) is 0 Å².